The topological polar surface area (TPSA) is 38.3 Å². The lowest BCUT2D eigenvalue weighted by atomic mass is 10.2. The summed E-state index contributed by atoms with van der Waals surface area (Å²) in [6.07, 6.45) is 0.630. The number of rotatable bonds is 5. The van der Waals surface area contributed by atoms with Gasteiger partial charge < -0.3 is 10.1 Å². The van der Waals surface area contributed by atoms with Gasteiger partial charge in [0.25, 0.3) is 0 Å². The molecule has 0 saturated heterocycles. The average molecular weight is 226 g/mol. The Balaban J connectivity index is 2.08. The largest absolute Gasteiger partial charge is 0.457 e. The first-order valence-electron chi connectivity index (χ1n) is 5.24. The molecule has 2 aromatic carbocycles. The van der Waals surface area contributed by atoms with E-state index in [4.69, 9.17) is 4.74 Å². The van der Waals surface area contributed by atoms with Crippen molar-refractivity contribution in [3.63, 3.8) is 0 Å². The lowest BCUT2D eigenvalue weighted by Crippen LogP contribution is -2.06. The van der Waals surface area contributed by atoms with Crippen molar-refractivity contribution in [1.29, 1.82) is 0 Å². The Kier molecular flexibility index (Phi) is 3.76. The van der Waals surface area contributed by atoms with Crippen LogP contribution in [0.4, 0.5) is 0 Å². The Labute approximate surface area is 100 Å². The van der Waals surface area contributed by atoms with E-state index >= 15 is 0 Å². The minimum absolute atomic E-state index is 0.630. The summed E-state index contributed by atoms with van der Waals surface area (Å²) in [7, 11) is 0. The second-order valence-corrected chi connectivity index (χ2v) is 3.42. The highest BCUT2D eigenvalue weighted by molar-refractivity contribution is 5.49. The first-order chi connectivity index (χ1) is 8.38. The molecule has 3 nitrogen and oxygen atoms in total. The Hall–Kier alpha value is -2.29. The van der Waals surface area contributed by atoms with Crippen molar-refractivity contribution in [2.75, 3.05) is 0 Å². The van der Waals surface area contributed by atoms with Crippen LogP contribution in [0.1, 0.15) is 5.56 Å². The van der Waals surface area contributed by atoms with Crippen LogP contribution in [0.3, 0.4) is 0 Å². The van der Waals surface area contributed by atoms with E-state index in [0.29, 0.717) is 6.41 Å². The summed E-state index contributed by atoms with van der Waals surface area (Å²) in [5.74, 6) is 1.52. The fourth-order valence-corrected chi connectivity index (χ4v) is 1.42. The fourth-order valence-electron chi connectivity index (χ4n) is 1.42. The first-order valence-corrected chi connectivity index (χ1v) is 5.24. The van der Waals surface area contributed by atoms with E-state index in [2.05, 4.69) is 5.32 Å². The van der Waals surface area contributed by atoms with Crippen LogP contribution in [0.2, 0.25) is 0 Å². The third-order valence-electron chi connectivity index (χ3n) is 2.16. The summed E-state index contributed by atoms with van der Waals surface area (Å²) in [5, 5.41) is 2.49. The third kappa shape index (κ3) is 3.34. The van der Waals surface area contributed by atoms with Crippen LogP contribution in [-0.4, -0.2) is 6.41 Å². The van der Waals surface area contributed by atoms with Crippen molar-refractivity contribution in [2.45, 2.75) is 0 Å². The van der Waals surface area contributed by atoms with Crippen LogP contribution in [-0.2, 0) is 4.79 Å². The van der Waals surface area contributed by atoms with Gasteiger partial charge in [-0.3, -0.25) is 4.79 Å². The number of hydrogen-bond acceptors (Lipinski definition) is 2. The summed E-state index contributed by atoms with van der Waals surface area (Å²) in [5.41, 5.74) is 0.880. The molecule has 0 fully saturated rings. The van der Waals surface area contributed by atoms with Crippen molar-refractivity contribution in [3.05, 3.63) is 66.7 Å². The summed E-state index contributed by atoms with van der Waals surface area (Å²) in [4.78, 5) is 10.2. The quantitative estimate of drug-likeness (QED) is 0.796. The van der Waals surface area contributed by atoms with Gasteiger partial charge in [-0.1, -0.05) is 30.3 Å². The van der Waals surface area contributed by atoms with E-state index in [9.17, 15) is 4.79 Å². The Bertz CT molecular complexity index is 483. The smallest absolute Gasteiger partial charge is 0.207 e. The second-order valence-electron chi connectivity index (χ2n) is 3.42. The minimum atomic E-state index is 0.630. The third-order valence-corrected chi connectivity index (χ3v) is 2.16. The van der Waals surface area contributed by atoms with Gasteiger partial charge >= 0.3 is 0 Å². The number of ether oxygens (including phenoxy) is 1. The van der Waals surface area contributed by atoms with Gasteiger partial charge in [0.1, 0.15) is 11.5 Å². The number of amides is 1. The highest BCUT2D eigenvalue weighted by atomic mass is 16.5. The lowest BCUT2D eigenvalue weighted by Gasteiger charge is -2.06. The predicted molar refractivity (Wildman–Crippen MR) is 65.6 cm³/mol. The second kappa shape index (κ2) is 5.70. The van der Waals surface area contributed by atoms with E-state index in [1.807, 2.05) is 54.6 Å². The van der Waals surface area contributed by atoms with Crippen molar-refractivity contribution in [1.82, 2.24) is 5.32 Å². The first kappa shape index (κ1) is 11.2. The molecule has 0 atom stereocenters. The Morgan fingerprint density at radius 1 is 0.941 bits per heavy atom. The summed E-state index contributed by atoms with van der Waals surface area (Å²) in [6, 6.07) is 17.0. The van der Waals surface area contributed by atoms with Gasteiger partial charge in [0.05, 0.1) is 6.54 Å². The molecule has 0 bridgehead atoms. The molecule has 1 radical (unpaired) electrons. The molecule has 2 rings (SSSR count). The van der Waals surface area contributed by atoms with E-state index in [1.54, 1.807) is 6.54 Å². The number of nitrogens with one attached hydrogen (secondary N) is 1. The van der Waals surface area contributed by atoms with Crippen molar-refractivity contribution in [3.8, 4) is 11.5 Å². The number of carbonyl (C=O) groups is 1. The molecule has 0 unspecified atom stereocenters. The maximum atomic E-state index is 10.2. The molecule has 3 heteroatoms. The molecule has 0 saturated carbocycles. The summed E-state index contributed by atoms with van der Waals surface area (Å²) >= 11 is 0. The summed E-state index contributed by atoms with van der Waals surface area (Å²) < 4.78 is 5.66. The highest BCUT2D eigenvalue weighted by Gasteiger charge is 1.98. The maximum Gasteiger partial charge on any atom is 0.207 e. The molecule has 0 aliphatic heterocycles. The van der Waals surface area contributed by atoms with Crippen LogP contribution in [0, 0.1) is 6.54 Å². The van der Waals surface area contributed by atoms with E-state index in [0.717, 1.165) is 17.1 Å². The maximum absolute atomic E-state index is 10.2. The zero-order valence-corrected chi connectivity index (χ0v) is 9.17. The van der Waals surface area contributed by atoms with Gasteiger partial charge in [-0.15, -0.1) is 0 Å². The zero-order valence-electron chi connectivity index (χ0n) is 9.17. The molecule has 0 heterocycles. The van der Waals surface area contributed by atoms with Gasteiger partial charge in [-0.25, -0.2) is 0 Å². The molecule has 0 aromatic heterocycles. The highest BCUT2D eigenvalue weighted by Crippen LogP contribution is 2.21. The van der Waals surface area contributed by atoms with Gasteiger partial charge in [0.2, 0.25) is 6.41 Å². The minimum Gasteiger partial charge on any atom is -0.457 e. The zero-order chi connectivity index (χ0) is 11.9. The number of hydrogen-bond donors (Lipinski definition) is 1. The molecule has 1 N–H and O–H groups in total. The number of carbonyl (C=O) groups excluding carboxylic acids is 1. The van der Waals surface area contributed by atoms with Crippen molar-refractivity contribution in [2.24, 2.45) is 0 Å². The van der Waals surface area contributed by atoms with Crippen LogP contribution >= 0.6 is 0 Å². The standard InChI is InChI=1S/C14H12NO2/c16-11-15-10-12-5-4-8-14(9-12)17-13-6-2-1-3-7-13/h1-11H,(H,15,16). The Morgan fingerprint density at radius 3 is 2.47 bits per heavy atom. The predicted octanol–water partition coefficient (Wildman–Crippen LogP) is 2.73. The van der Waals surface area contributed by atoms with E-state index in [-0.39, 0.29) is 0 Å². The van der Waals surface area contributed by atoms with Gasteiger partial charge in [0.15, 0.2) is 0 Å². The molecule has 0 aliphatic rings. The Morgan fingerprint density at radius 2 is 1.71 bits per heavy atom. The normalized spacial score (nSPS) is 9.65. The van der Waals surface area contributed by atoms with Gasteiger partial charge in [0, 0.05) is 0 Å². The van der Waals surface area contributed by atoms with Gasteiger partial charge in [-0.05, 0) is 29.8 Å². The number of benzene rings is 2. The lowest BCUT2D eigenvalue weighted by molar-refractivity contribution is -0.108. The molecule has 2 aromatic rings. The molecular formula is C14H12NO2. The monoisotopic (exact) mass is 226 g/mol. The van der Waals surface area contributed by atoms with E-state index in [1.165, 1.54) is 0 Å². The van der Waals surface area contributed by atoms with Crippen LogP contribution in [0.5, 0.6) is 11.5 Å². The van der Waals surface area contributed by atoms with Crippen molar-refractivity contribution < 1.29 is 9.53 Å². The van der Waals surface area contributed by atoms with Crippen molar-refractivity contribution >= 4 is 6.41 Å². The van der Waals surface area contributed by atoms with Crippen LogP contribution < -0.4 is 10.1 Å². The molecule has 0 spiro atoms. The molecule has 0 aliphatic carbocycles. The molecule has 85 valence electrons. The summed E-state index contributed by atoms with van der Waals surface area (Å²) in [6.45, 7) is 1.62. The van der Waals surface area contributed by atoms with Crippen LogP contribution in [0.15, 0.2) is 54.6 Å². The average Bonchev–Trinajstić information content (AvgIpc) is 2.38. The molecular weight excluding hydrogens is 214 g/mol. The van der Waals surface area contributed by atoms with E-state index < -0.39 is 0 Å². The van der Waals surface area contributed by atoms with Crippen LogP contribution in [0.25, 0.3) is 0 Å². The van der Waals surface area contributed by atoms with Gasteiger partial charge in [-0.2, -0.15) is 0 Å². The molecule has 1 amide bonds. The number of para-hydroxylation sites is 1. The fraction of sp³-hybridized carbons (Fsp3) is 0. The molecule has 17 heavy (non-hydrogen) atoms. The SMILES string of the molecule is O=CN[CH]c1cccc(Oc2ccccc2)c1.